The molecule has 0 fully saturated rings. The zero-order valence-corrected chi connectivity index (χ0v) is 11.0. The Morgan fingerprint density at radius 2 is 2.39 bits per heavy atom. The molecular weight excluding hydrogens is 252 g/mol. The van der Waals surface area contributed by atoms with Crippen molar-refractivity contribution in [3.05, 3.63) is 34.5 Å². The highest BCUT2D eigenvalue weighted by Crippen LogP contribution is 2.25. The lowest BCUT2D eigenvalue weighted by atomic mass is 10.3. The summed E-state index contributed by atoms with van der Waals surface area (Å²) in [6.45, 7) is 4.42. The first-order valence-corrected chi connectivity index (χ1v) is 6.42. The lowest BCUT2D eigenvalue weighted by Gasteiger charge is -2.12. The minimum absolute atomic E-state index is 0.227. The van der Waals surface area contributed by atoms with Gasteiger partial charge in [0.1, 0.15) is 12.4 Å². The van der Waals surface area contributed by atoms with Gasteiger partial charge in [0.15, 0.2) is 4.88 Å². The SMILES string of the molecule is CC(C)n1cncc1COc1ccsc1C(=O)O. The van der Waals surface area contributed by atoms with Crippen LogP contribution in [0.1, 0.15) is 35.3 Å². The number of carboxylic acids is 1. The predicted octanol–water partition coefficient (Wildman–Crippen LogP) is 2.80. The Morgan fingerprint density at radius 1 is 1.61 bits per heavy atom. The van der Waals surface area contributed by atoms with E-state index >= 15 is 0 Å². The fraction of sp³-hybridized carbons (Fsp3) is 0.333. The maximum absolute atomic E-state index is 10.9. The van der Waals surface area contributed by atoms with E-state index in [1.165, 1.54) is 0 Å². The highest BCUT2D eigenvalue weighted by Gasteiger charge is 2.14. The summed E-state index contributed by atoms with van der Waals surface area (Å²) in [6.07, 6.45) is 3.47. The van der Waals surface area contributed by atoms with Gasteiger partial charge in [0.05, 0.1) is 18.2 Å². The van der Waals surface area contributed by atoms with Crippen molar-refractivity contribution in [1.29, 1.82) is 0 Å². The lowest BCUT2D eigenvalue weighted by molar-refractivity contribution is 0.0697. The molecule has 0 saturated heterocycles. The first kappa shape index (κ1) is 12.6. The van der Waals surface area contributed by atoms with Gasteiger partial charge in [-0.05, 0) is 25.3 Å². The number of rotatable bonds is 5. The molecule has 0 radical (unpaired) electrons. The number of carboxylic acid groups (broad SMARTS) is 1. The third-order valence-corrected chi connectivity index (χ3v) is 3.39. The van der Waals surface area contributed by atoms with Crippen LogP contribution in [-0.4, -0.2) is 20.6 Å². The Kier molecular flexibility index (Phi) is 3.66. The predicted molar refractivity (Wildman–Crippen MR) is 68.2 cm³/mol. The van der Waals surface area contributed by atoms with Crippen molar-refractivity contribution in [3.8, 4) is 5.75 Å². The van der Waals surface area contributed by atoms with E-state index in [1.807, 2.05) is 4.57 Å². The molecule has 0 amide bonds. The molecule has 5 nitrogen and oxygen atoms in total. The number of nitrogens with zero attached hydrogens (tertiary/aromatic N) is 2. The van der Waals surface area contributed by atoms with Gasteiger partial charge in [0, 0.05) is 6.04 Å². The number of aromatic nitrogens is 2. The zero-order valence-electron chi connectivity index (χ0n) is 10.2. The van der Waals surface area contributed by atoms with Crippen LogP contribution in [0.4, 0.5) is 0 Å². The molecule has 6 heteroatoms. The molecule has 2 aromatic heterocycles. The van der Waals surface area contributed by atoms with Crippen LogP contribution in [0.2, 0.25) is 0 Å². The fourth-order valence-electron chi connectivity index (χ4n) is 1.63. The highest BCUT2D eigenvalue weighted by molar-refractivity contribution is 7.12. The monoisotopic (exact) mass is 266 g/mol. The molecular formula is C12H14N2O3S. The van der Waals surface area contributed by atoms with Crippen molar-refractivity contribution < 1.29 is 14.6 Å². The second kappa shape index (κ2) is 5.22. The first-order chi connectivity index (χ1) is 8.59. The molecule has 0 bridgehead atoms. The summed E-state index contributed by atoms with van der Waals surface area (Å²) in [7, 11) is 0. The smallest absolute Gasteiger partial charge is 0.349 e. The normalized spacial score (nSPS) is 10.8. The van der Waals surface area contributed by atoms with E-state index in [4.69, 9.17) is 9.84 Å². The Bertz CT molecular complexity index is 545. The number of aromatic carboxylic acids is 1. The van der Waals surface area contributed by atoms with Crippen molar-refractivity contribution in [3.63, 3.8) is 0 Å². The van der Waals surface area contributed by atoms with Crippen LogP contribution < -0.4 is 4.74 Å². The lowest BCUT2D eigenvalue weighted by Crippen LogP contribution is -2.08. The zero-order chi connectivity index (χ0) is 13.1. The Labute approximate surface area is 109 Å². The second-order valence-corrected chi connectivity index (χ2v) is 5.01. The summed E-state index contributed by atoms with van der Waals surface area (Å²) in [4.78, 5) is 15.2. The minimum atomic E-state index is -0.961. The third-order valence-electron chi connectivity index (χ3n) is 2.50. The number of imidazole rings is 1. The second-order valence-electron chi connectivity index (χ2n) is 4.09. The molecule has 18 heavy (non-hydrogen) atoms. The van der Waals surface area contributed by atoms with E-state index in [9.17, 15) is 4.79 Å². The van der Waals surface area contributed by atoms with Crippen LogP contribution in [-0.2, 0) is 6.61 Å². The quantitative estimate of drug-likeness (QED) is 0.903. The maximum atomic E-state index is 10.9. The summed E-state index contributed by atoms with van der Waals surface area (Å²) in [5.41, 5.74) is 0.924. The van der Waals surface area contributed by atoms with Crippen molar-refractivity contribution in [1.82, 2.24) is 9.55 Å². The summed E-state index contributed by atoms with van der Waals surface area (Å²) in [5, 5.41) is 10.7. The molecule has 2 aromatic rings. The van der Waals surface area contributed by atoms with Crippen LogP contribution in [0.3, 0.4) is 0 Å². The highest BCUT2D eigenvalue weighted by atomic mass is 32.1. The van der Waals surface area contributed by atoms with Gasteiger partial charge in [-0.25, -0.2) is 9.78 Å². The molecule has 0 saturated carbocycles. The maximum Gasteiger partial charge on any atom is 0.349 e. The Hall–Kier alpha value is -1.82. The van der Waals surface area contributed by atoms with E-state index in [1.54, 1.807) is 24.0 Å². The molecule has 0 aliphatic rings. The minimum Gasteiger partial charge on any atom is -0.486 e. The number of hydrogen-bond acceptors (Lipinski definition) is 4. The van der Waals surface area contributed by atoms with Gasteiger partial charge in [-0.1, -0.05) is 0 Å². The molecule has 0 unspecified atom stereocenters. The van der Waals surface area contributed by atoms with Gasteiger partial charge >= 0.3 is 5.97 Å². The van der Waals surface area contributed by atoms with Gasteiger partial charge in [-0.15, -0.1) is 11.3 Å². The molecule has 0 spiro atoms. The van der Waals surface area contributed by atoms with Gasteiger partial charge in [-0.2, -0.15) is 0 Å². The van der Waals surface area contributed by atoms with Gasteiger partial charge < -0.3 is 14.4 Å². The summed E-state index contributed by atoms with van der Waals surface area (Å²) < 4.78 is 7.54. The molecule has 1 N–H and O–H groups in total. The standard InChI is InChI=1S/C12H14N2O3S/c1-8(2)14-7-13-5-9(14)6-17-10-3-4-18-11(10)12(15)16/h3-5,7-8H,6H2,1-2H3,(H,15,16). The fourth-order valence-corrected chi connectivity index (χ4v) is 2.30. The average Bonchev–Trinajstić information content (AvgIpc) is 2.94. The molecule has 0 aliphatic carbocycles. The number of carbonyl (C=O) groups is 1. The van der Waals surface area contributed by atoms with Gasteiger partial charge in [-0.3, -0.25) is 0 Å². The van der Waals surface area contributed by atoms with Crippen LogP contribution in [0, 0.1) is 0 Å². The average molecular weight is 266 g/mol. The molecule has 2 rings (SSSR count). The molecule has 2 heterocycles. The van der Waals surface area contributed by atoms with Crippen molar-refractivity contribution in [2.24, 2.45) is 0 Å². The van der Waals surface area contributed by atoms with Crippen molar-refractivity contribution >= 4 is 17.3 Å². The first-order valence-electron chi connectivity index (χ1n) is 5.54. The number of thiophene rings is 1. The van der Waals surface area contributed by atoms with E-state index in [-0.39, 0.29) is 4.88 Å². The third kappa shape index (κ3) is 2.53. The topological polar surface area (TPSA) is 64.4 Å². The van der Waals surface area contributed by atoms with Crippen LogP contribution >= 0.6 is 11.3 Å². The van der Waals surface area contributed by atoms with E-state index in [0.717, 1.165) is 17.0 Å². The van der Waals surface area contributed by atoms with Crippen LogP contribution in [0.5, 0.6) is 5.75 Å². The van der Waals surface area contributed by atoms with E-state index in [0.29, 0.717) is 18.4 Å². The van der Waals surface area contributed by atoms with Crippen LogP contribution in [0.15, 0.2) is 24.0 Å². The molecule has 0 aliphatic heterocycles. The van der Waals surface area contributed by atoms with Crippen LogP contribution in [0.25, 0.3) is 0 Å². The van der Waals surface area contributed by atoms with Gasteiger partial charge in [0.2, 0.25) is 0 Å². The van der Waals surface area contributed by atoms with E-state index in [2.05, 4.69) is 18.8 Å². The molecule has 0 atom stereocenters. The Morgan fingerprint density at radius 3 is 3.06 bits per heavy atom. The van der Waals surface area contributed by atoms with E-state index < -0.39 is 5.97 Å². The molecule has 96 valence electrons. The Balaban J connectivity index is 2.09. The molecule has 0 aromatic carbocycles. The number of ether oxygens (including phenoxy) is 1. The van der Waals surface area contributed by atoms with Crippen molar-refractivity contribution in [2.75, 3.05) is 0 Å². The number of hydrogen-bond donors (Lipinski definition) is 1. The summed E-state index contributed by atoms with van der Waals surface area (Å²) >= 11 is 1.16. The summed E-state index contributed by atoms with van der Waals surface area (Å²) in [6, 6.07) is 1.97. The largest absolute Gasteiger partial charge is 0.486 e. The summed E-state index contributed by atoms with van der Waals surface area (Å²) in [5.74, 6) is -0.554. The van der Waals surface area contributed by atoms with Crippen molar-refractivity contribution in [2.45, 2.75) is 26.5 Å². The van der Waals surface area contributed by atoms with Gasteiger partial charge in [0.25, 0.3) is 0 Å².